The molecule has 3 saturated carbocycles. The molecule has 3 aliphatic carbocycles. The molecule has 15 heterocycles. The molecule has 32 heteroatoms. The van der Waals surface area contributed by atoms with Crippen LogP contribution in [-0.4, -0.2) is 227 Å². The van der Waals surface area contributed by atoms with Gasteiger partial charge in [0.05, 0.1) is 88.8 Å². The number of carbonyl (C=O) groups is 4. The maximum absolute atomic E-state index is 14.0. The zero-order chi connectivity index (χ0) is 91.6. The third-order valence-electron chi connectivity index (χ3n) is 28.8. The van der Waals surface area contributed by atoms with Crippen molar-refractivity contribution in [3.63, 3.8) is 0 Å². The number of amides is 4. The molecule has 4 aromatic heterocycles. The number of carbonyl (C=O) groups excluding carboxylic acids is 4. The lowest BCUT2D eigenvalue weighted by Gasteiger charge is -2.35. The van der Waals surface area contributed by atoms with E-state index in [2.05, 4.69) is 164 Å². The number of imidazole rings is 4. The lowest BCUT2D eigenvalue weighted by Crippen LogP contribution is -2.53. The van der Waals surface area contributed by atoms with Gasteiger partial charge in [0, 0.05) is 83.4 Å². The van der Waals surface area contributed by atoms with Crippen LogP contribution in [0.4, 0.5) is 41.1 Å². The van der Waals surface area contributed by atoms with Gasteiger partial charge in [0.25, 0.3) is 23.6 Å². The Morgan fingerprint density at radius 2 is 0.902 bits per heavy atom. The van der Waals surface area contributed by atoms with Gasteiger partial charge in [-0.2, -0.15) is 20.2 Å². The second-order valence-corrected chi connectivity index (χ2v) is 38.2. The van der Waals surface area contributed by atoms with Gasteiger partial charge in [0.15, 0.2) is 50.8 Å². The van der Waals surface area contributed by atoms with E-state index < -0.39 is 0 Å². The first-order valence-electron chi connectivity index (χ1n) is 48.5. The normalized spacial score (nSPS) is 20.2. The first-order valence-corrected chi connectivity index (χ1v) is 49.3. The second-order valence-electron chi connectivity index (χ2n) is 37.5. The molecule has 3 N–H and O–H groups in total. The average Bonchev–Trinajstić information content (AvgIpc) is 1.87. The highest BCUT2D eigenvalue weighted by Crippen LogP contribution is 2.45. The maximum Gasteiger partial charge on any atom is 0.281 e. The molecule has 5 aromatic carbocycles. The fourth-order valence-electron chi connectivity index (χ4n) is 21.9. The monoisotopic (exact) mass is 1860 g/mol. The molecule has 0 radical (unpaired) electrons. The van der Waals surface area contributed by atoms with Gasteiger partial charge in [0.2, 0.25) is 41.7 Å². The summed E-state index contributed by atoms with van der Waals surface area (Å²) in [5, 5.41) is 20.5. The molecule has 0 spiro atoms. The number of hydrogen-bond donors (Lipinski definition) is 3. The molecule has 0 bridgehead atoms. The number of nitrogens with zero attached hydrogens (tertiary/aromatic N) is 21. The number of hydrogen-bond acceptors (Lipinski definition) is 23. The van der Waals surface area contributed by atoms with Crippen LogP contribution in [0, 0.1) is 45.9 Å². The van der Waals surface area contributed by atoms with Gasteiger partial charge < -0.3 is 34.7 Å². The van der Waals surface area contributed by atoms with E-state index in [1.165, 1.54) is 89.5 Å². The topological polar surface area (TPSA) is 302 Å². The smallest absolute Gasteiger partial charge is 0.281 e. The van der Waals surface area contributed by atoms with E-state index in [1.54, 1.807) is 14.7 Å². The number of nitriles is 1. The van der Waals surface area contributed by atoms with Crippen molar-refractivity contribution in [1.82, 2.24) is 57.8 Å². The maximum atomic E-state index is 14.0. The minimum Gasteiger partial charge on any atom is -0.493 e. The molecule has 0 unspecified atom stereocenters. The molecule has 31 nitrogen and oxygen atoms in total. The third kappa shape index (κ3) is 16.8. The SMILES string of the molecule is CCN1C(=O)c2c(nc(Br)n2Cc2ccc(C)c(C#N)c2)N2C[C@@H](Cc3ccccc3)N=C12.CCN1C(=O)c2c(nc(NC3CCCCC3)n2Cc2cc(C)c3c(c2)CCO3)N2C1=N[C@@H]1CCC[C@@H]12.CCN1C(=O)c2c(nc(NC3CCCCC3)n2Cc2cc(C)c3c(c2)CCO3)N2CCN=C12.CCN1C(=O)c2c(nc(NC3CCOCC3)n2Cc2ccc(C)c(C)c2)N2CCN=C12. The van der Waals surface area contributed by atoms with Crippen LogP contribution in [0.2, 0.25) is 0 Å². The number of nitrogens with one attached hydrogen (secondary N) is 3. The predicted molar refractivity (Wildman–Crippen MR) is 520 cm³/mol. The van der Waals surface area contributed by atoms with Crippen LogP contribution in [0.15, 0.2) is 116 Å². The Kier molecular flexibility index (Phi) is 25.0. The van der Waals surface area contributed by atoms with E-state index in [9.17, 15) is 24.4 Å². The van der Waals surface area contributed by atoms with Crippen LogP contribution in [0.5, 0.6) is 11.5 Å². The van der Waals surface area contributed by atoms with E-state index in [4.69, 9.17) is 44.1 Å². The van der Waals surface area contributed by atoms with Crippen molar-refractivity contribution in [2.75, 3.05) is 121 Å². The highest BCUT2D eigenvalue weighted by atomic mass is 79.9. The predicted octanol–water partition coefficient (Wildman–Crippen LogP) is 15.0. The summed E-state index contributed by atoms with van der Waals surface area (Å²) < 4.78 is 26.0. The van der Waals surface area contributed by atoms with Gasteiger partial charge in [-0.15, -0.1) is 0 Å². The van der Waals surface area contributed by atoms with Crippen LogP contribution in [0.25, 0.3) is 0 Å². The zero-order valence-corrected chi connectivity index (χ0v) is 79.6. The Hall–Kier alpha value is -12.4. The number of halogens is 1. The van der Waals surface area contributed by atoms with Crippen LogP contribution in [-0.2, 0) is 50.2 Å². The fraction of sp³-hybridized carbons (Fsp3) is 0.495. The van der Waals surface area contributed by atoms with Crippen LogP contribution < -0.4 is 45.0 Å². The molecule has 4 amide bonds. The van der Waals surface area contributed by atoms with Gasteiger partial charge >= 0.3 is 0 Å². The molecule has 1 saturated heterocycles. The number of ether oxygens (including phenoxy) is 3. The summed E-state index contributed by atoms with van der Waals surface area (Å²) in [7, 11) is 0. The van der Waals surface area contributed by atoms with Crippen molar-refractivity contribution in [3.8, 4) is 17.6 Å². The number of aliphatic imine (C=N–C) groups is 4. The minimum atomic E-state index is -0.103. The number of guanidine groups is 4. The van der Waals surface area contributed by atoms with Crippen molar-refractivity contribution >= 4 is 105 Å². The molecule has 9 aromatic rings. The number of anilines is 7. The van der Waals surface area contributed by atoms with Crippen LogP contribution in [0.1, 0.15) is 238 Å². The van der Waals surface area contributed by atoms with Crippen molar-refractivity contribution < 1.29 is 33.4 Å². The third-order valence-corrected chi connectivity index (χ3v) is 29.4. The second kappa shape index (κ2) is 37.6. The van der Waals surface area contributed by atoms with Gasteiger partial charge in [-0.25, -0.2) is 15.0 Å². The van der Waals surface area contributed by atoms with Gasteiger partial charge in [-0.05, 0) is 215 Å². The van der Waals surface area contributed by atoms with Gasteiger partial charge in [0.1, 0.15) is 11.5 Å². The molecule has 3 atom stereocenters. The Labute approximate surface area is 785 Å². The van der Waals surface area contributed by atoms with E-state index in [-0.39, 0.29) is 35.7 Å². The first-order chi connectivity index (χ1) is 64.8. The Morgan fingerprint density at radius 3 is 1.44 bits per heavy atom. The first kappa shape index (κ1) is 88.5. The zero-order valence-electron chi connectivity index (χ0n) is 78.0. The largest absolute Gasteiger partial charge is 0.493 e. The molecule has 133 heavy (non-hydrogen) atoms. The standard InChI is InChI=1S/C28H36N6O2.C25H23BrN6O.C25H32N6O2.C23H30N6O2/c1-3-32-26(35)23-25(34-22-11-7-10-21(22)30-28(32)34)31-27(29-20-8-5-4-6-9-20)33(23)16-18-14-17(2)24-19(15-18)12-13-36-24;1-3-30-23(33)21-22(32-15-20(28-25(30)32)12-17-7-5-4-6-8-17)29-24(26)31(21)14-18-10-9-16(2)19(11-18)13-27;1-3-29-23(32)20-22(30-11-10-26-25(29)30)28-24(27-19-7-5-4-6-8-19)31(20)15-17-13-16(2)21-18(14-17)9-12-33-21;1-4-27-21(30)19-20(28-10-9-24-23(27)28)26-22(25-18-7-11-31-12-8-18)29(19)14-17-6-5-15(2)16(3)13-17/h14-15,20-22H,3-13,16H2,1-2H3,(H,29,31);4-11,20H,3,12,14-15H2,1-2H3;13-14,19H,3-12,15H2,1-2H3,(H,27,28);5-6,13,18H,4,7-12,14H2,1-3H3,(H,25,26)/t21-,22+;20-;;/m11../s1. The molecular formula is C101H121BrN24O7. The quantitative estimate of drug-likeness (QED) is 0.0638. The highest BCUT2D eigenvalue weighted by molar-refractivity contribution is 9.10. The number of rotatable bonds is 20. The van der Waals surface area contributed by atoms with Crippen molar-refractivity contribution in [2.45, 2.75) is 240 Å². The summed E-state index contributed by atoms with van der Waals surface area (Å²) in [6, 6.07) is 35.4. The summed E-state index contributed by atoms with van der Waals surface area (Å²) in [4.78, 5) is 109. The molecular weight excluding hydrogens is 1740 g/mol. The summed E-state index contributed by atoms with van der Waals surface area (Å²) in [6.45, 7) is 29.5. The highest BCUT2D eigenvalue weighted by Gasteiger charge is 2.52. The minimum absolute atomic E-state index is 0.00481. The summed E-state index contributed by atoms with van der Waals surface area (Å²) in [5.41, 5.74) is 17.2. The molecule has 11 aliphatic heterocycles. The Balaban J connectivity index is 0.000000110. The lowest BCUT2D eigenvalue weighted by atomic mass is 9.96. The number of aryl methyl sites for hydroxylation is 5. The molecule has 14 aliphatic rings. The van der Waals surface area contributed by atoms with E-state index >= 15 is 0 Å². The van der Waals surface area contributed by atoms with Crippen molar-refractivity contribution in [2.24, 2.45) is 20.0 Å². The van der Waals surface area contributed by atoms with Crippen LogP contribution >= 0.6 is 15.9 Å². The van der Waals surface area contributed by atoms with E-state index in [0.29, 0.717) is 141 Å². The van der Waals surface area contributed by atoms with E-state index in [1.807, 2.05) is 80.5 Å². The molecule has 694 valence electrons. The lowest BCUT2D eigenvalue weighted by molar-refractivity contribution is 0.0827. The van der Waals surface area contributed by atoms with Crippen LogP contribution in [0.3, 0.4) is 0 Å². The Morgan fingerprint density at radius 1 is 0.436 bits per heavy atom. The van der Waals surface area contributed by atoms with Gasteiger partial charge in [-0.1, -0.05) is 123 Å². The summed E-state index contributed by atoms with van der Waals surface area (Å²) in [5.74, 6) is 10.2. The summed E-state index contributed by atoms with van der Waals surface area (Å²) >= 11 is 3.57. The van der Waals surface area contributed by atoms with E-state index in [0.717, 1.165) is 197 Å². The molecule has 23 rings (SSSR count). The average molecular weight is 1860 g/mol. The van der Waals surface area contributed by atoms with Gasteiger partial charge in [-0.3, -0.25) is 82.1 Å². The molecule has 4 fully saturated rings. The van der Waals surface area contributed by atoms with Crippen molar-refractivity contribution in [1.29, 1.82) is 5.26 Å². The number of fused-ring (bicyclic) bond motifs is 16. The summed E-state index contributed by atoms with van der Waals surface area (Å²) in [6.07, 6.45) is 20.1. The Bertz CT molecular complexity index is 6190. The number of benzene rings is 5. The fourth-order valence-corrected chi connectivity index (χ4v) is 22.4. The van der Waals surface area contributed by atoms with Crippen molar-refractivity contribution in [3.05, 3.63) is 191 Å². The number of aromatic nitrogens is 8.